The molecule has 1 saturated carbocycles. The lowest BCUT2D eigenvalue weighted by molar-refractivity contribution is -0.131. The van der Waals surface area contributed by atoms with E-state index in [1.165, 1.54) is 29.5 Å². The molecule has 1 aliphatic carbocycles. The summed E-state index contributed by atoms with van der Waals surface area (Å²) in [5.41, 5.74) is 3.61. The van der Waals surface area contributed by atoms with Gasteiger partial charge in [0.25, 0.3) is 0 Å². The number of aryl methyl sites for hydroxylation is 1. The normalized spacial score (nSPS) is 15.9. The fraction of sp³-hybridized carbons (Fsp3) is 0.500. The lowest BCUT2D eigenvalue weighted by Gasteiger charge is -2.13. The maximum atomic E-state index is 12.0. The van der Waals surface area contributed by atoms with Crippen LogP contribution in [-0.4, -0.2) is 30.1 Å². The molecule has 0 bridgehead atoms. The minimum Gasteiger partial charge on any atom is -0.368 e. The van der Waals surface area contributed by atoms with E-state index < -0.39 is 0 Å². The molecule has 3 rings (SSSR count). The summed E-state index contributed by atoms with van der Waals surface area (Å²) in [5.74, 6) is 0.669. The van der Waals surface area contributed by atoms with E-state index in [2.05, 4.69) is 29.4 Å². The smallest absolute Gasteiger partial charge is 0.248 e. The number of benzene rings is 1. The SMILES string of the molecule is Cc1[nH]c2ccccc2c1CCNC(=O)C(C)OCC1CC1. The van der Waals surface area contributed by atoms with Crippen molar-refractivity contribution in [2.45, 2.75) is 39.2 Å². The van der Waals surface area contributed by atoms with Crippen LogP contribution in [0.15, 0.2) is 24.3 Å². The average molecular weight is 300 g/mol. The van der Waals surface area contributed by atoms with Gasteiger partial charge in [-0.3, -0.25) is 4.79 Å². The number of hydrogen-bond acceptors (Lipinski definition) is 2. The van der Waals surface area contributed by atoms with E-state index in [1.54, 1.807) is 0 Å². The zero-order chi connectivity index (χ0) is 15.5. The van der Waals surface area contributed by atoms with Crippen molar-refractivity contribution in [1.29, 1.82) is 0 Å². The van der Waals surface area contributed by atoms with Crippen molar-refractivity contribution in [3.63, 3.8) is 0 Å². The number of carbonyl (C=O) groups excluding carboxylic acids is 1. The van der Waals surface area contributed by atoms with Crippen LogP contribution in [0.3, 0.4) is 0 Å². The summed E-state index contributed by atoms with van der Waals surface area (Å²) in [6, 6.07) is 8.28. The highest BCUT2D eigenvalue weighted by atomic mass is 16.5. The van der Waals surface area contributed by atoms with Gasteiger partial charge < -0.3 is 15.0 Å². The van der Waals surface area contributed by atoms with E-state index in [0.717, 1.165) is 18.5 Å². The molecule has 0 saturated heterocycles. The first-order valence-electron chi connectivity index (χ1n) is 8.10. The van der Waals surface area contributed by atoms with Crippen molar-refractivity contribution >= 4 is 16.8 Å². The third-order valence-corrected chi connectivity index (χ3v) is 4.35. The maximum Gasteiger partial charge on any atom is 0.248 e. The summed E-state index contributed by atoms with van der Waals surface area (Å²) in [6.45, 7) is 5.27. The van der Waals surface area contributed by atoms with Gasteiger partial charge in [-0.05, 0) is 50.7 Å². The second-order valence-electron chi connectivity index (χ2n) is 6.23. The Hall–Kier alpha value is -1.81. The molecule has 0 spiro atoms. The first kappa shape index (κ1) is 15.1. The van der Waals surface area contributed by atoms with Crippen LogP contribution in [0.2, 0.25) is 0 Å². The first-order chi connectivity index (χ1) is 10.6. The van der Waals surface area contributed by atoms with E-state index in [4.69, 9.17) is 4.74 Å². The van der Waals surface area contributed by atoms with Gasteiger partial charge in [-0.25, -0.2) is 0 Å². The standard InChI is InChI=1S/C18H24N2O2/c1-12-15(16-5-3-4-6-17(16)20-12)9-10-19-18(21)13(2)22-11-14-7-8-14/h3-6,13-14,20H,7-11H2,1-2H3,(H,19,21). The third-order valence-electron chi connectivity index (χ3n) is 4.35. The molecule has 2 N–H and O–H groups in total. The highest BCUT2D eigenvalue weighted by molar-refractivity contribution is 5.84. The minimum absolute atomic E-state index is 0.0156. The number of H-pyrrole nitrogens is 1. The third kappa shape index (κ3) is 3.50. The number of amides is 1. The molecule has 1 heterocycles. The maximum absolute atomic E-state index is 12.0. The molecule has 1 amide bonds. The molecule has 0 radical (unpaired) electrons. The molecule has 1 fully saturated rings. The molecule has 4 nitrogen and oxygen atoms in total. The molecule has 2 aromatic rings. The van der Waals surface area contributed by atoms with E-state index in [-0.39, 0.29) is 12.0 Å². The zero-order valence-electron chi connectivity index (χ0n) is 13.3. The summed E-state index contributed by atoms with van der Waals surface area (Å²) in [7, 11) is 0. The Balaban J connectivity index is 1.51. The van der Waals surface area contributed by atoms with Crippen LogP contribution in [0.1, 0.15) is 31.0 Å². The molecule has 22 heavy (non-hydrogen) atoms. The van der Waals surface area contributed by atoms with Crippen LogP contribution in [0.5, 0.6) is 0 Å². The Kier molecular flexibility index (Phi) is 4.48. The Morgan fingerprint density at radius 2 is 2.18 bits per heavy atom. The Bertz CT molecular complexity index is 658. The lowest BCUT2D eigenvalue weighted by atomic mass is 10.1. The largest absolute Gasteiger partial charge is 0.368 e. The number of carbonyl (C=O) groups is 1. The fourth-order valence-corrected chi connectivity index (χ4v) is 2.75. The summed E-state index contributed by atoms with van der Waals surface area (Å²) in [4.78, 5) is 15.4. The van der Waals surface area contributed by atoms with Gasteiger partial charge in [-0.1, -0.05) is 18.2 Å². The van der Waals surface area contributed by atoms with Crippen LogP contribution >= 0.6 is 0 Å². The van der Waals surface area contributed by atoms with Gasteiger partial charge in [-0.15, -0.1) is 0 Å². The fourth-order valence-electron chi connectivity index (χ4n) is 2.75. The highest BCUT2D eigenvalue weighted by Gasteiger charge is 2.23. The average Bonchev–Trinajstić information content (AvgIpc) is 3.29. The van der Waals surface area contributed by atoms with Crippen LogP contribution < -0.4 is 5.32 Å². The Morgan fingerprint density at radius 3 is 2.95 bits per heavy atom. The molecule has 1 atom stereocenters. The number of ether oxygens (including phenoxy) is 1. The minimum atomic E-state index is -0.357. The van der Waals surface area contributed by atoms with Crippen molar-refractivity contribution in [2.75, 3.05) is 13.2 Å². The number of para-hydroxylation sites is 1. The number of aromatic amines is 1. The number of fused-ring (bicyclic) bond motifs is 1. The second kappa shape index (κ2) is 6.53. The molecule has 4 heteroatoms. The topological polar surface area (TPSA) is 54.1 Å². The Morgan fingerprint density at radius 1 is 1.41 bits per heavy atom. The quantitative estimate of drug-likeness (QED) is 0.826. The van der Waals surface area contributed by atoms with Crippen molar-refractivity contribution < 1.29 is 9.53 Å². The Labute approximate surface area is 131 Å². The first-order valence-corrected chi connectivity index (χ1v) is 8.10. The lowest BCUT2D eigenvalue weighted by Crippen LogP contribution is -2.36. The van der Waals surface area contributed by atoms with E-state index >= 15 is 0 Å². The number of nitrogens with one attached hydrogen (secondary N) is 2. The van der Waals surface area contributed by atoms with Gasteiger partial charge in [-0.2, -0.15) is 0 Å². The molecular weight excluding hydrogens is 276 g/mol. The van der Waals surface area contributed by atoms with E-state index in [0.29, 0.717) is 12.5 Å². The molecule has 0 aliphatic heterocycles. The van der Waals surface area contributed by atoms with E-state index in [1.807, 2.05) is 19.1 Å². The van der Waals surface area contributed by atoms with Gasteiger partial charge in [0.15, 0.2) is 0 Å². The number of hydrogen-bond donors (Lipinski definition) is 2. The van der Waals surface area contributed by atoms with Gasteiger partial charge in [0.05, 0.1) is 6.61 Å². The predicted octanol–water partition coefficient (Wildman–Crippen LogP) is 2.95. The summed E-state index contributed by atoms with van der Waals surface area (Å²) in [6.07, 6.45) is 2.96. The summed E-state index contributed by atoms with van der Waals surface area (Å²) >= 11 is 0. The van der Waals surface area contributed by atoms with Gasteiger partial charge in [0, 0.05) is 23.1 Å². The van der Waals surface area contributed by atoms with Crippen LogP contribution in [0.25, 0.3) is 10.9 Å². The molecule has 1 aromatic carbocycles. The van der Waals surface area contributed by atoms with Crippen LogP contribution in [-0.2, 0) is 16.0 Å². The highest BCUT2D eigenvalue weighted by Crippen LogP contribution is 2.29. The van der Waals surface area contributed by atoms with Gasteiger partial charge in [0.1, 0.15) is 6.10 Å². The molecule has 118 valence electrons. The monoisotopic (exact) mass is 300 g/mol. The summed E-state index contributed by atoms with van der Waals surface area (Å²) < 4.78 is 5.59. The van der Waals surface area contributed by atoms with Crippen molar-refractivity contribution in [3.05, 3.63) is 35.5 Å². The molecular formula is C18H24N2O2. The summed E-state index contributed by atoms with van der Waals surface area (Å²) in [5, 5.41) is 4.22. The van der Waals surface area contributed by atoms with Crippen LogP contribution in [0.4, 0.5) is 0 Å². The predicted molar refractivity (Wildman–Crippen MR) is 87.9 cm³/mol. The van der Waals surface area contributed by atoms with Crippen molar-refractivity contribution in [3.8, 4) is 0 Å². The van der Waals surface area contributed by atoms with Crippen molar-refractivity contribution in [1.82, 2.24) is 10.3 Å². The molecule has 1 unspecified atom stereocenters. The van der Waals surface area contributed by atoms with Gasteiger partial charge >= 0.3 is 0 Å². The van der Waals surface area contributed by atoms with Crippen molar-refractivity contribution in [2.24, 2.45) is 5.92 Å². The van der Waals surface area contributed by atoms with E-state index in [9.17, 15) is 4.79 Å². The molecule has 1 aliphatic rings. The second-order valence-corrected chi connectivity index (χ2v) is 6.23. The molecule has 1 aromatic heterocycles. The van der Waals surface area contributed by atoms with Gasteiger partial charge in [0.2, 0.25) is 5.91 Å². The zero-order valence-corrected chi connectivity index (χ0v) is 13.3. The van der Waals surface area contributed by atoms with Crippen LogP contribution in [0, 0.1) is 12.8 Å². The number of rotatable bonds is 7. The number of aromatic nitrogens is 1.